The molecule has 1 fully saturated rings. The number of ether oxygens (including phenoxy) is 2. The van der Waals surface area contributed by atoms with Crippen molar-refractivity contribution in [3.63, 3.8) is 0 Å². The number of benzene rings is 1. The molecule has 1 saturated heterocycles. The smallest absolute Gasteiger partial charge is 0.308 e. The first kappa shape index (κ1) is 11.8. The van der Waals surface area contributed by atoms with Crippen LogP contribution in [0, 0.1) is 0 Å². The van der Waals surface area contributed by atoms with Crippen molar-refractivity contribution in [3.8, 4) is 0 Å². The third-order valence-corrected chi connectivity index (χ3v) is 2.83. The maximum absolute atomic E-state index is 11.7. The van der Waals surface area contributed by atoms with Crippen molar-refractivity contribution in [2.24, 2.45) is 0 Å². The number of rotatable bonds is 3. The van der Waals surface area contributed by atoms with E-state index in [2.05, 4.69) is 4.74 Å². The molecular formula is C13H14O4. The minimum absolute atomic E-state index is 0.00132. The molecule has 0 spiro atoms. The van der Waals surface area contributed by atoms with Gasteiger partial charge in [-0.05, 0) is 5.56 Å². The molecule has 4 heteroatoms. The van der Waals surface area contributed by atoms with Crippen LogP contribution in [0.15, 0.2) is 30.3 Å². The van der Waals surface area contributed by atoms with Crippen LogP contribution in [0.25, 0.3) is 0 Å². The van der Waals surface area contributed by atoms with Gasteiger partial charge in [0.25, 0.3) is 0 Å². The van der Waals surface area contributed by atoms with E-state index in [0.717, 1.165) is 5.56 Å². The van der Waals surface area contributed by atoms with Gasteiger partial charge in [0.05, 0.1) is 19.6 Å². The monoisotopic (exact) mass is 234 g/mol. The first-order valence-electron chi connectivity index (χ1n) is 5.50. The Labute approximate surface area is 99.5 Å². The van der Waals surface area contributed by atoms with E-state index in [4.69, 9.17) is 4.74 Å². The molecule has 17 heavy (non-hydrogen) atoms. The zero-order valence-corrected chi connectivity index (χ0v) is 9.59. The lowest BCUT2D eigenvalue weighted by Crippen LogP contribution is -2.20. The molecular weight excluding hydrogens is 220 g/mol. The predicted octanol–water partition coefficient (Wildman–Crippen LogP) is 1.65. The largest absolute Gasteiger partial charge is 0.469 e. The SMILES string of the molecule is COC(=O)C[C@H]1O[C@@H](c2ccccc2)CC1=O. The van der Waals surface area contributed by atoms with Gasteiger partial charge in [-0.15, -0.1) is 0 Å². The van der Waals surface area contributed by atoms with Gasteiger partial charge in [-0.2, -0.15) is 0 Å². The van der Waals surface area contributed by atoms with E-state index in [9.17, 15) is 9.59 Å². The third kappa shape index (κ3) is 2.71. The summed E-state index contributed by atoms with van der Waals surface area (Å²) in [5.41, 5.74) is 0.966. The predicted molar refractivity (Wildman–Crippen MR) is 60.3 cm³/mol. The van der Waals surface area contributed by atoms with Crippen molar-refractivity contribution in [1.82, 2.24) is 0 Å². The van der Waals surface area contributed by atoms with Crippen molar-refractivity contribution in [2.75, 3.05) is 7.11 Å². The summed E-state index contributed by atoms with van der Waals surface area (Å²) in [4.78, 5) is 22.8. The maximum atomic E-state index is 11.7. The summed E-state index contributed by atoms with van der Waals surface area (Å²) in [7, 11) is 1.30. The van der Waals surface area contributed by atoms with Crippen molar-refractivity contribution in [1.29, 1.82) is 0 Å². The van der Waals surface area contributed by atoms with Crippen molar-refractivity contribution in [2.45, 2.75) is 25.0 Å². The van der Waals surface area contributed by atoms with Gasteiger partial charge in [-0.1, -0.05) is 30.3 Å². The van der Waals surface area contributed by atoms with Crippen LogP contribution in [0.2, 0.25) is 0 Å². The highest BCUT2D eigenvalue weighted by Crippen LogP contribution is 2.31. The summed E-state index contributed by atoms with van der Waals surface area (Å²) in [6, 6.07) is 9.54. The first-order chi connectivity index (χ1) is 8.20. The molecule has 0 N–H and O–H groups in total. The standard InChI is InChI=1S/C13H14O4/c1-16-13(15)8-12-10(14)7-11(17-12)9-5-3-2-4-6-9/h2-6,11-12H,7-8H2,1H3/t11-,12-/m1/s1. The average Bonchev–Trinajstić information content (AvgIpc) is 2.72. The summed E-state index contributed by atoms with van der Waals surface area (Å²) in [5, 5.41) is 0. The zero-order valence-electron chi connectivity index (χ0n) is 9.59. The Kier molecular flexibility index (Phi) is 3.54. The number of Topliss-reactive ketones (excluding diaryl/α,β-unsaturated/α-hetero) is 1. The summed E-state index contributed by atoms with van der Waals surface area (Å²) in [5.74, 6) is -0.457. The molecule has 0 aromatic heterocycles. The molecule has 1 aliphatic heterocycles. The normalized spacial score (nSPS) is 23.7. The van der Waals surface area contributed by atoms with Crippen molar-refractivity contribution >= 4 is 11.8 Å². The van der Waals surface area contributed by atoms with Crippen LogP contribution >= 0.6 is 0 Å². The minimum atomic E-state index is -0.660. The van der Waals surface area contributed by atoms with Crippen LogP contribution in [-0.2, 0) is 19.1 Å². The van der Waals surface area contributed by atoms with Crippen LogP contribution in [-0.4, -0.2) is 25.0 Å². The Bertz CT molecular complexity index is 413. The molecule has 1 aromatic rings. The molecule has 1 aliphatic rings. The molecule has 0 unspecified atom stereocenters. The summed E-state index contributed by atoms with van der Waals surface area (Å²) in [6.07, 6.45) is -0.573. The highest BCUT2D eigenvalue weighted by Gasteiger charge is 2.35. The fraction of sp³-hybridized carbons (Fsp3) is 0.385. The van der Waals surface area contributed by atoms with Crippen molar-refractivity contribution < 1.29 is 19.1 Å². The quantitative estimate of drug-likeness (QED) is 0.746. The molecule has 0 radical (unpaired) electrons. The van der Waals surface area contributed by atoms with Gasteiger partial charge in [-0.3, -0.25) is 9.59 Å². The second-order valence-corrected chi connectivity index (χ2v) is 3.97. The van der Waals surface area contributed by atoms with Gasteiger partial charge in [0.2, 0.25) is 0 Å². The number of hydrogen-bond donors (Lipinski definition) is 0. The van der Waals surface area contributed by atoms with Gasteiger partial charge in [-0.25, -0.2) is 0 Å². The maximum Gasteiger partial charge on any atom is 0.308 e. The Hall–Kier alpha value is -1.68. The van der Waals surface area contributed by atoms with E-state index in [1.54, 1.807) is 0 Å². The Morgan fingerprint density at radius 1 is 1.41 bits per heavy atom. The molecule has 0 aliphatic carbocycles. The highest BCUT2D eigenvalue weighted by atomic mass is 16.5. The summed E-state index contributed by atoms with van der Waals surface area (Å²) in [6.45, 7) is 0. The van der Waals surface area contributed by atoms with Gasteiger partial charge in [0, 0.05) is 6.42 Å². The number of ketones is 1. The van der Waals surface area contributed by atoms with E-state index in [1.807, 2.05) is 30.3 Å². The molecule has 2 rings (SSSR count). The molecule has 4 nitrogen and oxygen atoms in total. The Morgan fingerprint density at radius 3 is 2.76 bits per heavy atom. The van der Waals surface area contributed by atoms with Gasteiger partial charge in [0.15, 0.2) is 5.78 Å². The molecule has 2 atom stereocenters. The van der Waals surface area contributed by atoms with Gasteiger partial charge in [0.1, 0.15) is 6.10 Å². The second kappa shape index (κ2) is 5.10. The Morgan fingerprint density at radius 2 is 2.12 bits per heavy atom. The van der Waals surface area contributed by atoms with Crippen LogP contribution in [0.1, 0.15) is 24.5 Å². The number of hydrogen-bond acceptors (Lipinski definition) is 4. The molecule has 0 bridgehead atoms. The lowest BCUT2D eigenvalue weighted by molar-refractivity contribution is -0.145. The lowest BCUT2D eigenvalue weighted by Gasteiger charge is -2.11. The molecule has 1 heterocycles. The highest BCUT2D eigenvalue weighted by molar-refractivity contribution is 5.89. The minimum Gasteiger partial charge on any atom is -0.469 e. The summed E-state index contributed by atoms with van der Waals surface area (Å²) < 4.78 is 10.1. The first-order valence-corrected chi connectivity index (χ1v) is 5.50. The fourth-order valence-corrected chi connectivity index (χ4v) is 1.90. The third-order valence-electron chi connectivity index (χ3n) is 2.83. The topological polar surface area (TPSA) is 52.6 Å². The van der Waals surface area contributed by atoms with E-state index in [0.29, 0.717) is 6.42 Å². The fourth-order valence-electron chi connectivity index (χ4n) is 1.90. The van der Waals surface area contributed by atoms with E-state index in [-0.39, 0.29) is 18.3 Å². The number of esters is 1. The zero-order chi connectivity index (χ0) is 12.3. The van der Waals surface area contributed by atoms with Gasteiger partial charge < -0.3 is 9.47 Å². The average molecular weight is 234 g/mol. The molecule has 0 amide bonds. The van der Waals surface area contributed by atoms with Crippen LogP contribution < -0.4 is 0 Å². The second-order valence-electron chi connectivity index (χ2n) is 3.97. The lowest BCUT2D eigenvalue weighted by atomic mass is 10.1. The van der Waals surface area contributed by atoms with Crippen molar-refractivity contribution in [3.05, 3.63) is 35.9 Å². The van der Waals surface area contributed by atoms with Crippen LogP contribution in [0.5, 0.6) is 0 Å². The molecule has 0 saturated carbocycles. The molecule has 1 aromatic carbocycles. The van der Waals surface area contributed by atoms with E-state index < -0.39 is 12.1 Å². The van der Waals surface area contributed by atoms with Crippen LogP contribution in [0.4, 0.5) is 0 Å². The van der Waals surface area contributed by atoms with Crippen LogP contribution in [0.3, 0.4) is 0 Å². The number of methoxy groups -OCH3 is 1. The Balaban J connectivity index is 2.02. The molecule has 90 valence electrons. The van der Waals surface area contributed by atoms with E-state index in [1.165, 1.54) is 7.11 Å². The van der Waals surface area contributed by atoms with E-state index >= 15 is 0 Å². The number of carbonyl (C=O) groups is 2. The number of carbonyl (C=O) groups excluding carboxylic acids is 2. The summed E-state index contributed by atoms with van der Waals surface area (Å²) >= 11 is 0. The van der Waals surface area contributed by atoms with Gasteiger partial charge >= 0.3 is 5.97 Å².